The molecule has 0 saturated carbocycles. The molecule has 0 amide bonds. The Balaban J connectivity index is 2.39. The number of rotatable bonds is 5. The van der Waals surface area contributed by atoms with Crippen molar-refractivity contribution in [2.45, 2.75) is 18.2 Å². The molecule has 2 radical (unpaired) electrons. The van der Waals surface area contributed by atoms with Crippen molar-refractivity contribution in [3.63, 3.8) is 0 Å². The normalized spacial score (nSPS) is 15.5. The number of halogens is 1. The highest BCUT2D eigenvalue weighted by Gasteiger charge is 2.35. The van der Waals surface area contributed by atoms with Gasteiger partial charge < -0.3 is 25.2 Å². The van der Waals surface area contributed by atoms with E-state index in [-0.39, 0.29) is 23.5 Å². The first-order valence-electron chi connectivity index (χ1n) is 5.76. The Morgan fingerprint density at radius 3 is 2.90 bits per heavy atom. The zero-order valence-corrected chi connectivity index (χ0v) is 10.8. The molecule has 0 bridgehead atoms. The van der Waals surface area contributed by atoms with E-state index in [0.717, 1.165) is 0 Å². The molecule has 4 N–H and O–H groups in total. The Labute approximate surface area is 120 Å². The molecule has 10 heteroatoms. The van der Waals surface area contributed by atoms with E-state index in [1.54, 1.807) is 0 Å². The number of nitrogens with zero attached hydrogens (tertiary/aromatic N) is 4. The molecule has 108 valence electrons. The topological polar surface area (TPSA) is 119 Å². The third-order valence-corrected chi connectivity index (χ3v) is 3.06. The number of imidazole rings is 1. The summed E-state index contributed by atoms with van der Waals surface area (Å²) in [5.74, 6) is 1.95. The fourth-order valence-electron chi connectivity index (χ4n) is 1.80. The van der Waals surface area contributed by atoms with Gasteiger partial charge in [-0.1, -0.05) is 5.92 Å². The summed E-state index contributed by atoms with van der Waals surface area (Å²) in [7, 11) is 5.03. The minimum absolute atomic E-state index is 0.0694. The van der Waals surface area contributed by atoms with Gasteiger partial charge in [0, 0.05) is 0 Å². The molecule has 0 aliphatic rings. The van der Waals surface area contributed by atoms with E-state index in [1.165, 1.54) is 10.9 Å². The molecule has 0 fully saturated rings. The summed E-state index contributed by atoms with van der Waals surface area (Å²) in [6, 6.07) is 0. The number of hydrogen-bond donors (Lipinski definition) is 3. The summed E-state index contributed by atoms with van der Waals surface area (Å²) in [5, 5.41) is 19.3. The molecule has 2 atom stereocenters. The maximum absolute atomic E-state index is 13.2. The number of nitrogens with two attached hydrogens (primary N) is 1. The third-order valence-electron chi connectivity index (χ3n) is 3.06. The lowest BCUT2D eigenvalue weighted by Crippen LogP contribution is -2.48. The van der Waals surface area contributed by atoms with Gasteiger partial charge in [-0.15, -0.1) is 6.42 Å². The lowest BCUT2D eigenvalue weighted by molar-refractivity contribution is -0.0489. The van der Waals surface area contributed by atoms with Crippen LogP contribution in [0.3, 0.4) is 0 Å². The van der Waals surface area contributed by atoms with Crippen LogP contribution in [0.15, 0.2) is 6.33 Å². The van der Waals surface area contributed by atoms with E-state index in [1.807, 2.05) is 0 Å². The molecule has 8 nitrogen and oxygen atoms in total. The zero-order chi connectivity index (χ0) is 15.6. The summed E-state index contributed by atoms with van der Waals surface area (Å²) in [6.45, 7) is -0.909. The van der Waals surface area contributed by atoms with Gasteiger partial charge in [-0.05, 0) is 0 Å². The SMILES string of the molecule is [B]O[C@](C#C)(CO)[C@@H](O)Cn1cnc2c(N)nc(F)nc21. The molecule has 0 saturated heterocycles. The second kappa shape index (κ2) is 5.65. The molecule has 0 aliphatic heterocycles. The molecule has 2 aromatic rings. The van der Waals surface area contributed by atoms with Gasteiger partial charge in [0.1, 0.15) is 11.6 Å². The quantitative estimate of drug-likeness (QED) is 0.344. The number of nitrogen functional groups attached to an aromatic ring is 1. The van der Waals surface area contributed by atoms with Gasteiger partial charge in [0.25, 0.3) is 8.05 Å². The van der Waals surface area contributed by atoms with Crippen LogP contribution in [0.1, 0.15) is 0 Å². The summed E-state index contributed by atoms with van der Waals surface area (Å²) < 4.78 is 19.0. The Kier molecular flexibility index (Phi) is 4.08. The number of anilines is 1. The van der Waals surface area contributed by atoms with Crippen LogP contribution in [-0.2, 0) is 11.2 Å². The van der Waals surface area contributed by atoms with Crippen molar-refractivity contribution >= 4 is 25.0 Å². The molecule has 2 heterocycles. The average Bonchev–Trinajstić information content (AvgIpc) is 2.85. The molecule has 2 aromatic heterocycles. The third kappa shape index (κ3) is 2.54. The van der Waals surface area contributed by atoms with E-state index in [0.29, 0.717) is 0 Å². The highest BCUT2D eigenvalue weighted by molar-refractivity contribution is 5.98. The van der Waals surface area contributed by atoms with Crippen molar-refractivity contribution < 1.29 is 19.3 Å². The first-order chi connectivity index (χ1) is 9.97. The van der Waals surface area contributed by atoms with Gasteiger partial charge >= 0.3 is 6.08 Å². The van der Waals surface area contributed by atoms with Crippen LogP contribution in [0, 0.1) is 18.4 Å². The fraction of sp³-hybridized carbons (Fsp3) is 0.364. The van der Waals surface area contributed by atoms with Crippen molar-refractivity contribution in [3.8, 4) is 12.3 Å². The number of aliphatic hydroxyl groups is 2. The number of aromatic nitrogens is 4. The van der Waals surface area contributed by atoms with Gasteiger partial charge in [-0.25, -0.2) is 4.98 Å². The van der Waals surface area contributed by atoms with Crippen LogP contribution in [0.5, 0.6) is 0 Å². The van der Waals surface area contributed by atoms with Crippen molar-refractivity contribution in [1.82, 2.24) is 19.5 Å². The minimum Gasteiger partial charge on any atom is -0.429 e. The first-order valence-corrected chi connectivity index (χ1v) is 5.76. The van der Waals surface area contributed by atoms with Crippen LogP contribution < -0.4 is 5.73 Å². The van der Waals surface area contributed by atoms with Gasteiger partial charge in [-0.2, -0.15) is 14.4 Å². The highest BCUT2D eigenvalue weighted by atomic mass is 19.1. The smallest absolute Gasteiger partial charge is 0.312 e. The van der Waals surface area contributed by atoms with Crippen molar-refractivity contribution in [1.29, 1.82) is 0 Å². The maximum atomic E-state index is 13.2. The number of terminal acetylenes is 1. The van der Waals surface area contributed by atoms with Gasteiger partial charge in [0.05, 0.1) is 19.5 Å². The highest BCUT2D eigenvalue weighted by Crippen LogP contribution is 2.20. The molecule has 0 aromatic carbocycles. The molecule has 0 spiro atoms. The standard InChI is InChI=1S/C11H11BFN5O3/c1-2-11(4-19,21-12)6(20)3-18-5-15-7-8(14)16-10(13)17-9(7)18/h1,5-6,19-20H,3-4H2,(H2,14,16,17)/t6-,11+/m0/s1. The van der Waals surface area contributed by atoms with Gasteiger partial charge in [0.2, 0.25) is 0 Å². The monoisotopic (exact) mass is 291 g/mol. The lowest BCUT2D eigenvalue weighted by Gasteiger charge is -2.30. The Morgan fingerprint density at radius 2 is 2.33 bits per heavy atom. The van der Waals surface area contributed by atoms with E-state index < -0.39 is 24.4 Å². The Bertz CT molecular complexity index is 697. The van der Waals surface area contributed by atoms with Crippen molar-refractivity contribution in [2.24, 2.45) is 0 Å². The van der Waals surface area contributed by atoms with E-state index in [2.05, 4.69) is 25.5 Å². The molecular formula is C11H11BFN5O3. The average molecular weight is 291 g/mol. The first kappa shape index (κ1) is 15.2. The summed E-state index contributed by atoms with van der Waals surface area (Å²) >= 11 is 0. The second-order valence-corrected chi connectivity index (χ2v) is 4.27. The van der Waals surface area contributed by atoms with Crippen LogP contribution in [0.2, 0.25) is 0 Å². The Morgan fingerprint density at radius 1 is 1.62 bits per heavy atom. The van der Waals surface area contributed by atoms with Crippen LogP contribution >= 0.6 is 0 Å². The van der Waals surface area contributed by atoms with Crippen molar-refractivity contribution in [2.75, 3.05) is 12.3 Å². The fourth-order valence-corrected chi connectivity index (χ4v) is 1.80. The van der Waals surface area contributed by atoms with Crippen LogP contribution in [0.25, 0.3) is 11.2 Å². The molecule has 0 aliphatic carbocycles. The van der Waals surface area contributed by atoms with Crippen LogP contribution in [-0.4, -0.2) is 56.1 Å². The van der Waals surface area contributed by atoms with E-state index >= 15 is 0 Å². The molecular weight excluding hydrogens is 280 g/mol. The van der Waals surface area contributed by atoms with E-state index in [4.69, 9.17) is 20.2 Å². The van der Waals surface area contributed by atoms with Crippen LogP contribution in [0.4, 0.5) is 10.2 Å². The maximum Gasteiger partial charge on any atom is 0.312 e. The number of hydrogen-bond acceptors (Lipinski definition) is 7. The number of aliphatic hydroxyl groups excluding tert-OH is 2. The molecule has 21 heavy (non-hydrogen) atoms. The predicted molar refractivity (Wildman–Crippen MR) is 71.2 cm³/mol. The lowest BCUT2D eigenvalue weighted by atomic mass is 9.97. The zero-order valence-electron chi connectivity index (χ0n) is 10.8. The predicted octanol–water partition coefficient (Wildman–Crippen LogP) is -1.63. The Hall–Kier alpha value is -2.22. The van der Waals surface area contributed by atoms with Crippen molar-refractivity contribution in [3.05, 3.63) is 12.4 Å². The number of fused-ring (bicyclic) bond motifs is 1. The van der Waals surface area contributed by atoms with E-state index in [9.17, 15) is 14.6 Å². The summed E-state index contributed by atoms with van der Waals surface area (Å²) in [5.41, 5.74) is 3.96. The molecule has 2 rings (SSSR count). The van der Waals surface area contributed by atoms with Gasteiger partial charge in [0.15, 0.2) is 17.1 Å². The second-order valence-electron chi connectivity index (χ2n) is 4.27. The largest absolute Gasteiger partial charge is 0.429 e. The van der Waals surface area contributed by atoms with Gasteiger partial charge in [-0.3, -0.25) is 0 Å². The minimum atomic E-state index is -1.80. The summed E-state index contributed by atoms with van der Waals surface area (Å²) in [4.78, 5) is 10.8. The molecule has 0 unspecified atom stereocenters. The summed E-state index contributed by atoms with van der Waals surface area (Å²) in [6.07, 6.45) is 4.06.